The lowest BCUT2D eigenvalue weighted by atomic mass is 9.91. The van der Waals surface area contributed by atoms with Gasteiger partial charge in [0.25, 0.3) is 5.69 Å². The Morgan fingerprint density at radius 1 is 0.957 bits per heavy atom. The Labute approximate surface area is 135 Å². The van der Waals surface area contributed by atoms with Crippen LogP contribution in [0, 0.1) is 10.1 Å². The standard InChI is InChI=1S/C16H9ClN2O4/c17-13-14(18-9-5-2-1-3-6-9)15(20)10-7-4-8-11(19(22)23)12(10)16(13)21/h1-8,18H. The summed E-state index contributed by atoms with van der Waals surface area (Å²) in [6.45, 7) is 0. The van der Waals surface area contributed by atoms with Gasteiger partial charge in [0.05, 0.1) is 4.92 Å². The number of nitrogens with one attached hydrogen (secondary N) is 1. The van der Waals surface area contributed by atoms with Gasteiger partial charge in [0.1, 0.15) is 16.3 Å². The molecule has 0 fully saturated rings. The minimum absolute atomic E-state index is 0.0352. The number of hydrogen-bond donors (Lipinski definition) is 1. The van der Waals surface area contributed by atoms with Crippen molar-refractivity contribution in [3.63, 3.8) is 0 Å². The van der Waals surface area contributed by atoms with Crippen LogP contribution in [0.5, 0.6) is 0 Å². The van der Waals surface area contributed by atoms with Crippen LogP contribution in [0.25, 0.3) is 0 Å². The maximum Gasteiger partial charge on any atom is 0.281 e. The molecule has 1 aliphatic carbocycles. The van der Waals surface area contributed by atoms with Crippen molar-refractivity contribution in [3.05, 3.63) is 80.5 Å². The molecule has 0 saturated carbocycles. The van der Waals surface area contributed by atoms with Crippen LogP contribution in [0.15, 0.2) is 59.3 Å². The highest BCUT2D eigenvalue weighted by Gasteiger charge is 2.36. The number of carbonyl (C=O) groups is 2. The molecule has 0 amide bonds. The van der Waals surface area contributed by atoms with Crippen LogP contribution in [-0.2, 0) is 0 Å². The van der Waals surface area contributed by atoms with E-state index in [0.717, 1.165) is 0 Å². The normalized spacial score (nSPS) is 13.8. The summed E-state index contributed by atoms with van der Waals surface area (Å²) >= 11 is 6.01. The number of para-hydroxylation sites is 1. The molecule has 114 valence electrons. The van der Waals surface area contributed by atoms with E-state index in [-0.39, 0.29) is 21.9 Å². The van der Waals surface area contributed by atoms with Crippen LogP contribution in [0.4, 0.5) is 11.4 Å². The smallest absolute Gasteiger partial charge is 0.281 e. The first-order valence-corrected chi connectivity index (χ1v) is 6.97. The van der Waals surface area contributed by atoms with Gasteiger partial charge in [-0.2, -0.15) is 0 Å². The third-order valence-corrected chi connectivity index (χ3v) is 3.76. The van der Waals surface area contributed by atoms with Gasteiger partial charge in [-0.15, -0.1) is 0 Å². The molecular formula is C16H9ClN2O4. The Morgan fingerprint density at radius 3 is 2.30 bits per heavy atom. The average molecular weight is 329 g/mol. The number of hydrogen-bond acceptors (Lipinski definition) is 5. The second-order valence-electron chi connectivity index (χ2n) is 4.80. The van der Waals surface area contributed by atoms with Gasteiger partial charge in [-0.25, -0.2) is 0 Å². The summed E-state index contributed by atoms with van der Waals surface area (Å²) in [4.78, 5) is 35.3. The molecule has 1 N–H and O–H groups in total. The van der Waals surface area contributed by atoms with Crippen LogP contribution in [0.3, 0.4) is 0 Å². The first-order chi connectivity index (χ1) is 11.0. The van der Waals surface area contributed by atoms with E-state index in [4.69, 9.17) is 11.6 Å². The van der Waals surface area contributed by atoms with Crippen molar-refractivity contribution in [1.82, 2.24) is 0 Å². The Kier molecular flexibility index (Phi) is 3.67. The van der Waals surface area contributed by atoms with E-state index in [1.807, 2.05) is 0 Å². The lowest BCUT2D eigenvalue weighted by molar-refractivity contribution is -0.385. The summed E-state index contributed by atoms with van der Waals surface area (Å²) in [7, 11) is 0. The first-order valence-electron chi connectivity index (χ1n) is 6.59. The topological polar surface area (TPSA) is 89.3 Å². The minimum atomic E-state index is -0.744. The minimum Gasteiger partial charge on any atom is -0.351 e. The van der Waals surface area contributed by atoms with Gasteiger partial charge in [0.15, 0.2) is 0 Å². The Hall–Kier alpha value is -2.99. The second-order valence-corrected chi connectivity index (χ2v) is 5.17. The van der Waals surface area contributed by atoms with E-state index < -0.39 is 22.2 Å². The number of nitrogens with zero attached hydrogens (tertiary/aromatic N) is 1. The Balaban J connectivity index is 2.12. The molecule has 0 atom stereocenters. The number of anilines is 1. The molecule has 0 saturated heterocycles. The summed E-state index contributed by atoms with van der Waals surface area (Å²) in [6, 6.07) is 12.6. The number of allylic oxidation sites excluding steroid dienone is 2. The molecule has 23 heavy (non-hydrogen) atoms. The summed E-state index contributed by atoms with van der Waals surface area (Å²) in [5.74, 6) is -1.30. The highest BCUT2D eigenvalue weighted by molar-refractivity contribution is 6.50. The Morgan fingerprint density at radius 2 is 1.65 bits per heavy atom. The van der Waals surface area contributed by atoms with E-state index in [1.54, 1.807) is 30.3 Å². The summed E-state index contributed by atoms with van der Waals surface area (Å²) < 4.78 is 0. The van der Waals surface area contributed by atoms with Gasteiger partial charge in [-0.3, -0.25) is 19.7 Å². The van der Waals surface area contributed by atoms with Crippen molar-refractivity contribution in [3.8, 4) is 0 Å². The molecule has 0 bridgehead atoms. The van der Waals surface area contributed by atoms with Crippen LogP contribution < -0.4 is 5.32 Å². The number of rotatable bonds is 3. The molecule has 0 radical (unpaired) electrons. The number of benzene rings is 2. The zero-order valence-corrected chi connectivity index (χ0v) is 12.3. The number of nitro benzene ring substituents is 1. The first kappa shape index (κ1) is 14.9. The van der Waals surface area contributed by atoms with Gasteiger partial charge in [-0.05, 0) is 18.2 Å². The molecule has 0 spiro atoms. The van der Waals surface area contributed by atoms with Crippen molar-refractivity contribution in [2.75, 3.05) is 5.32 Å². The second kappa shape index (κ2) is 5.66. The summed E-state index contributed by atoms with van der Waals surface area (Å²) in [6.07, 6.45) is 0. The van der Waals surface area contributed by atoms with E-state index in [2.05, 4.69) is 5.32 Å². The van der Waals surface area contributed by atoms with Gasteiger partial charge in [-0.1, -0.05) is 35.9 Å². The van der Waals surface area contributed by atoms with Crippen molar-refractivity contribution >= 4 is 34.5 Å². The van der Waals surface area contributed by atoms with Crippen molar-refractivity contribution in [2.45, 2.75) is 0 Å². The van der Waals surface area contributed by atoms with Gasteiger partial charge >= 0.3 is 0 Å². The van der Waals surface area contributed by atoms with Crippen molar-refractivity contribution in [1.29, 1.82) is 0 Å². The largest absolute Gasteiger partial charge is 0.351 e. The maximum absolute atomic E-state index is 12.6. The van der Waals surface area contributed by atoms with Crippen LogP contribution >= 0.6 is 11.6 Å². The third-order valence-electron chi connectivity index (χ3n) is 3.40. The number of ketones is 2. The molecule has 0 heterocycles. The van der Waals surface area contributed by atoms with E-state index in [0.29, 0.717) is 5.69 Å². The number of carbonyl (C=O) groups excluding carboxylic acids is 2. The molecule has 1 aliphatic rings. The number of Topliss-reactive ketones (excluding diaryl/α,β-unsaturated/α-hetero) is 2. The number of fused-ring (bicyclic) bond motifs is 1. The zero-order chi connectivity index (χ0) is 16.6. The lowest BCUT2D eigenvalue weighted by Crippen LogP contribution is -2.25. The van der Waals surface area contributed by atoms with Crippen molar-refractivity contribution < 1.29 is 14.5 Å². The fraction of sp³-hybridized carbons (Fsp3) is 0. The quantitative estimate of drug-likeness (QED) is 0.687. The lowest BCUT2D eigenvalue weighted by Gasteiger charge is -2.18. The summed E-state index contributed by atoms with van der Waals surface area (Å²) in [5.41, 5.74) is -0.248. The average Bonchev–Trinajstić information content (AvgIpc) is 2.57. The van der Waals surface area contributed by atoms with Gasteiger partial charge in [0, 0.05) is 17.3 Å². The maximum atomic E-state index is 12.6. The predicted octanol–water partition coefficient (Wildman–Crippen LogP) is 3.54. The molecule has 6 nitrogen and oxygen atoms in total. The number of nitro groups is 1. The highest BCUT2D eigenvalue weighted by atomic mass is 35.5. The van der Waals surface area contributed by atoms with Gasteiger partial charge in [0.2, 0.25) is 11.6 Å². The highest BCUT2D eigenvalue weighted by Crippen LogP contribution is 2.34. The van der Waals surface area contributed by atoms with Crippen LogP contribution in [-0.4, -0.2) is 16.5 Å². The molecule has 0 unspecified atom stereocenters. The monoisotopic (exact) mass is 328 g/mol. The molecule has 3 rings (SSSR count). The Bertz CT molecular complexity index is 875. The molecule has 0 aliphatic heterocycles. The molecule has 7 heteroatoms. The van der Waals surface area contributed by atoms with Crippen molar-refractivity contribution in [2.24, 2.45) is 0 Å². The third kappa shape index (κ3) is 2.49. The van der Waals surface area contributed by atoms with Crippen LogP contribution in [0.1, 0.15) is 20.7 Å². The van der Waals surface area contributed by atoms with E-state index >= 15 is 0 Å². The fourth-order valence-corrected chi connectivity index (χ4v) is 2.58. The molecule has 0 aromatic heterocycles. The molecular weight excluding hydrogens is 320 g/mol. The predicted molar refractivity (Wildman–Crippen MR) is 84.7 cm³/mol. The molecule has 2 aromatic carbocycles. The van der Waals surface area contributed by atoms with Gasteiger partial charge < -0.3 is 5.32 Å². The van der Waals surface area contributed by atoms with E-state index in [1.165, 1.54) is 18.2 Å². The number of halogens is 1. The SMILES string of the molecule is O=C1C(Nc2ccccc2)=C(Cl)C(=O)c2c1cccc2[N+](=O)[O-]. The fourth-order valence-electron chi connectivity index (χ4n) is 2.36. The van der Waals surface area contributed by atoms with Crippen LogP contribution in [0.2, 0.25) is 0 Å². The van der Waals surface area contributed by atoms with E-state index in [9.17, 15) is 19.7 Å². The molecule has 2 aromatic rings. The zero-order valence-electron chi connectivity index (χ0n) is 11.6. The summed E-state index contributed by atoms with van der Waals surface area (Å²) in [5, 5.41) is 13.5.